The van der Waals surface area contributed by atoms with Gasteiger partial charge in [0.15, 0.2) is 0 Å². The fraction of sp³-hybridized carbons (Fsp3) is 0.154. The molecule has 15 heavy (non-hydrogen) atoms. The van der Waals surface area contributed by atoms with Crippen LogP contribution >= 0.6 is 0 Å². The summed E-state index contributed by atoms with van der Waals surface area (Å²) in [5.41, 5.74) is 3.54. The maximum absolute atomic E-state index is 4.25. The first kappa shape index (κ1) is 9.71. The van der Waals surface area contributed by atoms with Crippen LogP contribution in [-0.2, 0) is 0 Å². The van der Waals surface area contributed by atoms with Crippen LogP contribution in [0.5, 0.6) is 0 Å². The molecular formula is C13H14N2. The molecule has 0 bridgehead atoms. The van der Waals surface area contributed by atoms with E-state index in [9.17, 15) is 0 Å². The molecule has 2 heteroatoms. The van der Waals surface area contributed by atoms with Gasteiger partial charge in [0.1, 0.15) is 5.82 Å². The molecule has 1 aromatic carbocycles. The van der Waals surface area contributed by atoms with Gasteiger partial charge in [0, 0.05) is 11.9 Å². The molecular weight excluding hydrogens is 184 g/mol. The van der Waals surface area contributed by atoms with Gasteiger partial charge in [-0.25, -0.2) is 4.98 Å². The van der Waals surface area contributed by atoms with Crippen molar-refractivity contribution in [3.05, 3.63) is 53.7 Å². The molecule has 0 radical (unpaired) electrons. The monoisotopic (exact) mass is 198 g/mol. The van der Waals surface area contributed by atoms with Crippen molar-refractivity contribution in [3.63, 3.8) is 0 Å². The number of hydrogen-bond acceptors (Lipinski definition) is 2. The van der Waals surface area contributed by atoms with E-state index in [0.29, 0.717) is 0 Å². The van der Waals surface area contributed by atoms with E-state index in [2.05, 4.69) is 48.4 Å². The normalized spacial score (nSPS) is 10.0. The maximum atomic E-state index is 4.25. The average Bonchev–Trinajstić information content (AvgIpc) is 2.22. The minimum absolute atomic E-state index is 0.888. The standard InChI is InChI=1S/C13H14N2/c1-10-3-5-12(6-4-10)15-13-9-11(2)7-8-14-13/h3-9H,1-2H3,(H,14,15). The molecule has 0 spiro atoms. The van der Waals surface area contributed by atoms with Gasteiger partial charge in [-0.1, -0.05) is 17.7 Å². The summed E-state index contributed by atoms with van der Waals surface area (Å²) < 4.78 is 0. The van der Waals surface area contributed by atoms with Gasteiger partial charge in [0.05, 0.1) is 0 Å². The molecule has 76 valence electrons. The summed E-state index contributed by atoms with van der Waals surface area (Å²) in [4.78, 5) is 4.25. The van der Waals surface area contributed by atoms with E-state index in [1.807, 2.05) is 18.3 Å². The lowest BCUT2D eigenvalue weighted by molar-refractivity contribution is 1.27. The molecule has 0 amide bonds. The second-order valence-electron chi connectivity index (χ2n) is 3.71. The molecule has 0 aliphatic carbocycles. The second-order valence-corrected chi connectivity index (χ2v) is 3.71. The van der Waals surface area contributed by atoms with Gasteiger partial charge in [0.25, 0.3) is 0 Å². The Morgan fingerprint density at radius 2 is 1.67 bits per heavy atom. The van der Waals surface area contributed by atoms with Crippen LogP contribution in [0.4, 0.5) is 11.5 Å². The van der Waals surface area contributed by atoms with Crippen LogP contribution in [0.25, 0.3) is 0 Å². The molecule has 0 fully saturated rings. The highest BCUT2D eigenvalue weighted by Gasteiger charge is 1.95. The van der Waals surface area contributed by atoms with E-state index in [1.165, 1.54) is 11.1 Å². The lowest BCUT2D eigenvalue weighted by Crippen LogP contribution is -1.93. The number of rotatable bonds is 2. The van der Waals surface area contributed by atoms with Gasteiger partial charge < -0.3 is 5.32 Å². The molecule has 0 saturated heterocycles. The summed E-state index contributed by atoms with van der Waals surface area (Å²) in [7, 11) is 0. The van der Waals surface area contributed by atoms with Crippen LogP contribution in [0.15, 0.2) is 42.6 Å². The number of pyridine rings is 1. The SMILES string of the molecule is Cc1ccc(Nc2cc(C)ccn2)cc1. The molecule has 0 unspecified atom stereocenters. The average molecular weight is 198 g/mol. The van der Waals surface area contributed by atoms with Crippen molar-refractivity contribution in [2.45, 2.75) is 13.8 Å². The van der Waals surface area contributed by atoms with E-state index in [0.717, 1.165) is 11.5 Å². The van der Waals surface area contributed by atoms with Crippen LogP contribution in [0.2, 0.25) is 0 Å². The third-order valence-corrected chi connectivity index (χ3v) is 2.24. The van der Waals surface area contributed by atoms with Crippen molar-refractivity contribution < 1.29 is 0 Å². The highest BCUT2D eigenvalue weighted by atomic mass is 15.0. The third-order valence-electron chi connectivity index (χ3n) is 2.24. The van der Waals surface area contributed by atoms with Crippen molar-refractivity contribution in [1.29, 1.82) is 0 Å². The summed E-state index contributed by atoms with van der Waals surface area (Å²) >= 11 is 0. The summed E-state index contributed by atoms with van der Waals surface area (Å²) in [6.07, 6.45) is 1.81. The molecule has 2 rings (SSSR count). The molecule has 0 saturated carbocycles. The van der Waals surface area contributed by atoms with Crippen LogP contribution in [-0.4, -0.2) is 4.98 Å². The predicted octanol–water partition coefficient (Wildman–Crippen LogP) is 3.44. The minimum atomic E-state index is 0.888. The van der Waals surface area contributed by atoms with Crippen molar-refractivity contribution in [2.75, 3.05) is 5.32 Å². The Kier molecular flexibility index (Phi) is 2.68. The second kappa shape index (κ2) is 4.13. The first-order chi connectivity index (χ1) is 7.24. The fourth-order valence-electron chi connectivity index (χ4n) is 1.39. The van der Waals surface area contributed by atoms with Gasteiger partial charge in [-0.05, 0) is 43.7 Å². The Morgan fingerprint density at radius 3 is 2.33 bits per heavy atom. The van der Waals surface area contributed by atoms with E-state index in [1.54, 1.807) is 0 Å². The van der Waals surface area contributed by atoms with Crippen molar-refractivity contribution in [2.24, 2.45) is 0 Å². The molecule has 2 aromatic rings. The van der Waals surface area contributed by atoms with Crippen LogP contribution in [0.3, 0.4) is 0 Å². The number of hydrogen-bond donors (Lipinski definition) is 1. The summed E-state index contributed by atoms with van der Waals surface area (Å²) in [5.74, 6) is 0.888. The highest BCUT2D eigenvalue weighted by molar-refractivity contribution is 5.56. The summed E-state index contributed by atoms with van der Waals surface area (Å²) in [6.45, 7) is 4.14. The van der Waals surface area contributed by atoms with Crippen molar-refractivity contribution in [3.8, 4) is 0 Å². The number of aromatic nitrogens is 1. The number of anilines is 2. The Hall–Kier alpha value is -1.83. The Labute approximate surface area is 90.0 Å². The molecule has 1 N–H and O–H groups in total. The third kappa shape index (κ3) is 2.56. The maximum Gasteiger partial charge on any atom is 0.130 e. The highest BCUT2D eigenvalue weighted by Crippen LogP contribution is 2.15. The van der Waals surface area contributed by atoms with Gasteiger partial charge in [-0.2, -0.15) is 0 Å². The Balaban J connectivity index is 2.18. The number of nitrogens with one attached hydrogen (secondary N) is 1. The van der Waals surface area contributed by atoms with Gasteiger partial charge in [0.2, 0.25) is 0 Å². The predicted molar refractivity (Wildman–Crippen MR) is 63.4 cm³/mol. The first-order valence-corrected chi connectivity index (χ1v) is 5.00. The number of aryl methyl sites for hydroxylation is 2. The Bertz CT molecular complexity index is 446. The zero-order chi connectivity index (χ0) is 10.7. The Morgan fingerprint density at radius 1 is 0.933 bits per heavy atom. The molecule has 0 aliphatic heterocycles. The minimum Gasteiger partial charge on any atom is -0.340 e. The molecule has 0 aliphatic rings. The van der Waals surface area contributed by atoms with Gasteiger partial charge >= 0.3 is 0 Å². The number of benzene rings is 1. The smallest absolute Gasteiger partial charge is 0.130 e. The van der Waals surface area contributed by atoms with E-state index < -0.39 is 0 Å². The quantitative estimate of drug-likeness (QED) is 0.799. The zero-order valence-electron chi connectivity index (χ0n) is 8.99. The lowest BCUT2D eigenvalue weighted by atomic mass is 10.2. The van der Waals surface area contributed by atoms with E-state index in [-0.39, 0.29) is 0 Å². The summed E-state index contributed by atoms with van der Waals surface area (Å²) in [5, 5.41) is 3.26. The first-order valence-electron chi connectivity index (χ1n) is 5.00. The van der Waals surface area contributed by atoms with Gasteiger partial charge in [-0.15, -0.1) is 0 Å². The van der Waals surface area contributed by atoms with Crippen LogP contribution in [0, 0.1) is 13.8 Å². The zero-order valence-corrected chi connectivity index (χ0v) is 8.99. The van der Waals surface area contributed by atoms with Crippen molar-refractivity contribution in [1.82, 2.24) is 4.98 Å². The largest absolute Gasteiger partial charge is 0.340 e. The molecule has 1 heterocycles. The number of nitrogens with zero attached hydrogens (tertiary/aromatic N) is 1. The summed E-state index contributed by atoms with van der Waals surface area (Å²) in [6, 6.07) is 12.3. The fourth-order valence-corrected chi connectivity index (χ4v) is 1.39. The molecule has 1 aromatic heterocycles. The van der Waals surface area contributed by atoms with Crippen LogP contribution in [0.1, 0.15) is 11.1 Å². The molecule has 2 nitrogen and oxygen atoms in total. The molecule has 0 atom stereocenters. The van der Waals surface area contributed by atoms with E-state index in [4.69, 9.17) is 0 Å². The van der Waals surface area contributed by atoms with E-state index >= 15 is 0 Å². The lowest BCUT2D eigenvalue weighted by Gasteiger charge is -2.05. The topological polar surface area (TPSA) is 24.9 Å². The van der Waals surface area contributed by atoms with Crippen molar-refractivity contribution >= 4 is 11.5 Å². The van der Waals surface area contributed by atoms with Gasteiger partial charge in [-0.3, -0.25) is 0 Å². The van der Waals surface area contributed by atoms with Crippen LogP contribution < -0.4 is 5.32 Å².